The van der Waals surface area contributed by atoms with E-state index in [0.717, 1.165) is 17.0 Å². The van der Waals surface area contributed by atoms with E-state index in [1.165, 1.54) is 6.07 Å². The Hall–Kier alpha value is -3.59. The Kier molecular flexibility index (Phi) is 5.18. The molecule has 4 heterocycles. The Labute approximate surface area is 184 Å². The third kappa shape index (κ3) is 3.64. The van der Waals surface area contributed by atoms with E-state index in [0.29, 0.717) is 49.6 Å². The van der Waals surface area contributed by atoms with Crippen molar-refractivity contribution < 1.29 is 9.18 Å². The summed E-state index contributed by atoms with van der Waals surface area (Å²) in [7, 11) is 1.89. The quantitative estimate of drug-likeness (QED) is 0.495. The van der Waals surface area contributed by atoms with Gasteiger partial charge in [-0.15, -0.1) is 0 Å². The Morgan fingerprint density at radius 2 is 1.91 bits per heavy atom. The third-order valence-electron chi connectivity index (χ3n) is 6.10. The van der Waals surface area contributed by atoms with Crippen molar-refractivity contribution in [3.05, 3.63) is 71.6 Å². The molecule has 9 heteroatoms. The Morgan fingerprint density at radius 3 is 2.62 bits per heavy atom. The van der Waals surface area contributed by atoms with E-state index in [1.54, 1.807) is 44.7 Å². The van der Waals surface area contributed by atoms with Crippen molar-refractivity contribution in [1.82, 2.24) is 34.2 Å². The predicted molar refractivity (Wildman–Crippen MR) is 118 cm³/mol. The van der Waals surface area contributed by atoms with Crippen LogP contribution < -0.4 is 0 Å². The minimum Gasteiger partial charge on any atom is -0.335 e. The molecule has 0 aliphatic carbocycles. The third-order valence-corrected chi connectivity index (χ3v) is 6.10. The lowest BCUT2D eigenvalue weighted by Gasteiger charge is -2.34. The summed E-state index contributed by atoms with van der Waals surface area (Å²) in [4.78, 5) is 21.5. The van der Waals surface area contributed by atoms with E-state index in [4.69, 9.17) is 0 Å². The fraction of sp³-hybridized carbons (Fsp3) is 0.304. The number of fused-ring (bicyclic) bond motifs is 1. The zero-order valence-corrected chi connectivity index (χ0v) is 18.1. The van der Waals surface area contributed by atoms with Crippen LogP contribution in [0.2, 0.25) is 0 Å². The molecule has 1 aliphatic rings. The number of piperazine rings is 1. The van der Waals surface area contributed by atoms with Crippen LogP contribution in [0.4, 0.5) is 4.39 Å². The number of rotatable bonds is 4. The van der Waals surface area contributed by atoms with Gasteiger partial charge in [0, 0.05) is 68.9 Å². The Morgan fingerprint density at radius 1 is 1.12 bits per heavy atom. The molecule has 1 fully saturated rings. The molecular weight excluding hydrogens is 409 g/mol. The largest absolute Gasteiger partial charge is 0.335 e. The molecule has 1 aromatic carbocycles. The molecule has 0 saturated carbocycles. The minimum atomic E-state index is -0.192. The number of carbonyl (C=O) groups is 1. The summed E-state index contributed by atoms with van der Waals surface area (Å²) in [5.41, 5.74) is 4.46. The van der Waals surface area contributed by atoms with Gasteiger partial charge in [-0.1, -0.05) is 18.2 Å². The van der Waals surface area contributed by atoms with E-state index in [9.17, 15) is 9.18 Å². The summed E-state index contributed by atoms with van der Waals surface area (Å²) in [6.45, 7) is 5.05. The SMILES string of the molecule is Cc1c(-c2ccnc3cc(C(=O)N4CCN(Cc5ccccc5F)CC4)nn23)cnn1C. The Balaban J connectivity index is 1.32. The fourth-order valence-corrected chi connectivity index (χ4v) is 4.09. The van der Waals surface area contributed by atoms with Crippen molar-refractivity contribution in [3.63, 3.8) is 0 Å². The van der Waals surface area contributed by atoms with Crippen molar-refractivity contribution in [2.45, 2.75) is 13.5 Å². The molecular formula is C23H24FN7O. The maximum atomic E-state index is 13.9. The molecule has 3 aromatic heterocycles. The maximum Gasteiger partial charge on any atom is 0.274 e. The number of carbonyl (C=O) groups excluding carboxylic acids is 1. The van der Waals surface area contributed by atoms with E-state index in [1.807, 2.05) is 26.1 Å². The highest BCUT2D eigenvalue weighted by atomic mass is 19.1. The summed E-state index contributed by atoms with van der Waals surface area (Å²) in [6, 6.07) is 10.4. The van der Waals surface area contributed by atoms with Crippen molar-refractivity contribution in [1.29, 1.82) is 0 Å². The standard InChI is InChI=1S/C23H24FN7O/c1-16-18(14-26-28(16)2)21-7-8-25-22-13-20(27-31(21)22)23(32)30-11-9-29(10-12-30)15-17-5-3-4-6-19(17)24/h3-8,13-14H,9-12,15H2,1-2H3. The summed E-state index contributed by atoms with van der Waals surface area (Å²) < 4.78 is 17.4. The van der Waals surface area contributed by atoms with Gasteiger partial charge in [0.1, 0.15) is 5.82 Å². The number of hydrogen-bond acceptors (Lipinski definition) is 5. The lowest BCUT2D eigenvalue weighted by atomic mass is 10.2. The second-order valence-corrected chi connectivity index (χ2v) is 8.06. The zero-order valence-electron chi connectivity index (χ0n) is 18.1. The van der Waals surface area contributed by atoms with Crippen LogP contribution in [0.15, 0.2) is 48.8 Å². The zero-order chi connectivity index (χ0) is 22.2. The van der Waals surface area contributed by atoms with Crippen molar-refractivity contribution in [3.8, 4) is 11.3 Å². The van der Waals surface area contributed by atoms with E-state index in [-0.39, 0.29) is 11.7 Å². The molecule has 0 bridgehead atoms. The number of aromatic nitrogens is 5. The highest BCUT2D eigenvalue weighted by Gasteiger charge is 2.25. The van der Waals surface area contributed by atoms with Gasteiger partial charge < -0.3 is 4.90 Å². The van der Waals surface area contributed by atoms with E-state index < -0.39 is 0 Å². The average Bonchev–Trinajstić information content (AvgIpc) is 3.39. The molecule has 0 N–H and O–H groups in total. The van der Waals surface area contributed by atoms with Crippen LogP contribution in [-0.2, 0) is 13.6 Å². The summed E-state index contributed by atoms with van der Waals surface area (Å²) in [6.07, 6.45) is 3.51. The predicted octanol–water partition coefficient (Wildman–Crippen LogP) is 2.54. The molecule has 5 rings (SSSR count). The van der Waals surface area contributed by atoms with Gasteiger partial charge in [-0.2, -0.15) is 10.2 Å². The highest BCUT2D eigenvalue weighted by molar-refractivity contribution is 5.93. The smallest absolute Gasteiger partial charge is 0.274 e. The highest BCUT2D eigenvalue weighted by Crippen LogP contribution is 2.23. The first-order valence-corrected chi connectivity index (χ1v) is 10.6. The summed E-state index contributed by atoms with van der Waals surface area (Å²) >= 11 is 0. The molecule has 0 unspecified atom stereocenters. The second-order valence-electron chi connectivity index (χ2n) is 8.06. The van der Waals surface area contributed by atoms with Crippen molar-refractivity contribution >= 4 is 11.6 Å². The van der Waals surface area contributed by atoms with Gasteiger partial charge in [-0.3, -0.25) is 14.4 Å². The van der Waals surface area contributed by atoms with Crippen LogP contribution in [0.1, 0.15) is 21.7 Å². The van der Waals surface area contributed by atoms with Crippen molar-refractivity contribution in [2.24, 2.45) is 7.05 Å². The molecule has 1 aliphatic heterocycles. The number of amides is 1. The number of nitrogens with zero attached hydrogens (tertiary/aromatic N) is 7. The van der Waals surface area contributed by atoms with E-state index >= 15 is 0 Å². The van der Waals surface area contributed by atoms with Gasteiger partial charge in [-0.05, 0) is 19.1 Å². The van der Waals surface area contributed by atoms with Crippen LogP contribution >= 0.6 is 0 Å². The first-order valence-electron chi connectivity index (χ1n) is 10.6. The summed E-state index contributed by atoms with van der Waals surface area (Å²) in [5.74, 6) is -0.308. The normalized spacial score (nSPS) is 14.9. The number of aryl methyl sites for hydroxylation is 1. The van der Waals surface area contributed by atoms with Gasteiger partial charge in [0.25, 0.3) is 5.91 Å². The average molecular weight is 433 g/mol. The van der Waals surface area contributed by atoms with Gasteiger partial charge in [-0.25, -0.2) is 13.9 Å². The maximum absolute atomic E-state index is 13.9. The van der Waals surface area contributed by atoms with Gasteiger partial charge in [0.15, 0.2) is 11.3 Å². The summed E-state index contributed by atoms with van der Waals surface area (Å²) in [5, 5.41) is 8.88. The first-order chi connectivity index (χ1) is 15.5. The number of benzene rings is 1. The molecule has 4 aromatic rings. The van der Waals surface area contributed by atoms with Gasteiger partial charge >= 0.3 is 0 Å². The first kappa shape index (κ1) is 20.3. The molecule has 1 saturated heterocycles. The fourth-order valence-electron chi connectivity index (χ4n) is 4.09. The molecule has 1 amide bonds. The molecule has 0 spiro atoms. The molecule has 32 heavy (non-hydrogen) atoms. The van der Waals surface area contributed by atoms with Crippen LogP contribution in [0.5, 0.6) is 0 Å². The van der Waals surface area contributed by atoms with Crippen LogP contribution in [-0.4, -0.2) is 66.3 Å². The topological polar surface area (TPSA) is 71.6 Å². The second kappa shape index (κ2) is 8.16. The lowest BCUT2D eigenvalue weighted by Crippen LogP contribution is -2.48. The number of halogens is 1. The number of hydrogen-bond donors (Lipinski definition) is 0. The monoisotopic (exact) mass is 433 g/mol. The Bertz CT molecular complexity index is 1290. The van der Waals surface area contributed by atoms with Crippen LogP contribution in [0, 0.1) is 12.7 Å². The van der Waals surface area contributed by atoms with Crippen LogP contribution in [0.3, 0.4) is 0 Å². The lowest BCUT2D eigenvalue weighted by molar-refractivity contribution is 0.0621. The molecule has 164 valence electrons. The van der Waals surface area contributed by atoms with Crippen LogP contribution in [0.25, 0.3) is 16.9 Å². The van der Waals surface area contributed by atoms with Gasteiger partial charge in [0.05, 0.1) is 11.9 Å². The van der Waals surface area contributed by atoms with Gasteiger partial charge in [0.2, 0.25) is 0 Å². The van der Waals surface area contributed by atoms with Crippen molar-refractivity contribution in [2.75, 3.05) is 26.2 Å². The van der Waals surface area contributed by atoms with E-state index in [2.05, 4.69) is 20.1 Å². The molecule has 8 nitrogen and oxygen atoms in total. The molecule has 0 radical (unpaired) electrons. The minimum absolute atomic E-state index is 0.116. The molecule has 0 atom stereocenters.